The molecule has 0 bridgehead atoms. The summed E-state index contributed by atoms with van der Waals surface area (Å²) < 4.78 is 0. The summed E-state index contributed by atoms with van der Waals surface area (Å²) in [6.07, 6.45) is 0.378. The lowest BCUT2D eigenvalue weighted by Crippen LogP contribution is -2.38. The first kappa shape index (κ1) is 15.7. The molecule has 0 saturated heterocycles. The number of hydrogen-bond donors (Lipinski definition) is 2. The maximum absolute atomic E-state index is 11.7. The van der Waals surface area contributed by atoms with Gasteiger partial charge in [0.2, 0.25) is 5.91 Å². The molecule has 0 aliphatic carbocycles. The zero-order valence-electron chi connectivity index (χ0n) is 12.7. The molecule has 1 atom stereocenters. The van der Waals surface area contributed by atoms with Crippen LogP contribution in [0.5, 0.6) is 0 Å². The maximum atomic E-state index is 11.7. The van der Waals surface area contributed by atoms with Crippen molar-refractivity contribution in [3.05, 3.63) is 34.9 Å². The van der Waals surface area contributed by atoms with Crippen molar-refractivity contribution in [1.29, 1.82) is 0 Å². The van der Waals surface area contributed by atoms with Crippen molar-refractivity contribution in [3.63, 3.8) is 0 Å². The van der Waals surface area contributed by atoms with E-state index < -0.39 is 0 Å². The maximum Gasteiger partial charge on any atom is 0.221 e. The highest BCUT2D eigenvalue weighted by molar-refractivity contribution is 5.76. The molecule has 106 valence electrons. The minimum absolute atomic E-state index is 0.0203. The van der Waals surface area contributed by atoms with Gasteiger partial charge >= 0.3 is 0 Å². The smallest absolute Gasteiger partial charge is 0.221 e. The Morgan fingerprint density at radius 3 is 2.47 bits per heavy atom. The lowest BCUT2D eigenvalue weighted by Gasteiger charge is -2.26. The van der Waals surface area contributed by atoms with Crippen LogP contribution >= 0.6 is 0 Å². The summed E-state index contributed by atoms with van der Waals surface area (Å²) in [6, 6.07) is 6.38. The molecule has 1 aromatic carbocycles. The van der Waals surface area contributed by atoms with Gasteiger partial charge in [0.25, 0.3) is 0 Å². The van der Waals surface area contributed by atoms with E-state index in [1.165, 1.54) is 16.7 Å². The number of carbonyl (C=O) groups excluding carboxylic acids is 1. The molecule has 0 aliphatic heterocycles. The van der Waals surface area contributed by atoms with Crippen LogP contribution in [0.25, 0.3) is 0 Å². The first-order valence-corrected chi connectivity index (χ1v) is 6.82. The van der Waals surface area contributed by atoms with Gasteiger partial charge in [-0.3, -0.25) is 4.79 Å². The summed E-state index contributed by atoms with van der Waals surface area (Å²) in [5.41, 5.74) is 9.37. The summed E-state index contributed by atoms with van der Waals surface area (Å²) in [5.74, 6) is 0.0203. The quantitative estimate of drug-likeness (QED) is 0.856. The van der Waals surface area contributed by atoms with Crippen molar-refractivity contribution >= 4 is 5.91 Å². The summed E-state index contributed by atoms with van der Waals surface area (Å²) in [4.78, 5) is 11.7. The van der Waals surface area contributed by atoms with Gasteiger partial charge in [-0.05, 0) is 37.5 Å². The van der Waals surface area contributed by atoms with Gasteiger partial charge in [0.1, 0.15) is 0 Å². The molecule has 1 aromatic rings. The van der Waals surface area contributed by atoms with Crippen molar-refractivity contribution < 1.29 is 4.79 Å². The zero-order valence-corrected chi connectivity index (χ0v) is 12.7. The third kappa shape index (κ3) is 4.67. The minimum Gasteiger partial charge on any atom is -0.355 e. The number of benzene rings is 1. The van der Waals surface area contributed by atoms with Gasteiger partial charge in [-0.2, -0.15) is 0 Å². The van der Waals surface area contributed by atoms with E-state index in [-0.39, 0.29) is 17.4 Å². The SMILES string of the molecule is Cc1ccc(C(C)(C)CNC(=O)CC(C)N)cc1C. The van der Waals surface area contributed by atoms with E-state index in [1.807, 2.05) is 6.92 Å². The second kappa shape index (κ2) is 6.20. The van der Waals surface area contributed by atoms with Crippen molar-refractivity contribution in [3.8, 4) is 0 Å². The molecule has 0 radical (unpaired) electrons. The van der Waals surface area contributed by atoms with Crippen molar-refractivity contribution in [2.45, 2.75) is 52.5 Å². The molecule has 0 spiro atoms. The molecule has 1 rings (SSSR count). The third-order valence-corrected chi connectivity index (χ3v) is 3.52. The standard InChI is InChI=1S/C16H26N2O/c1-11-6-7-14(8-12(11)2)16(4,5)10-18-15(19)9-13(3)17/h6-8,13H,9-10,17H2,1-5H3,(H,18,19). The lowest BCUT2D eigenvalue weighted by molar-refractivity contribution is -0.121. The van der Waals surface area contributed by atoms with Crippen LogP contribution in [0.4, 0.5) is 0 Å². The Hall–Kier alpha value is -1.35. The second-order valence-corrected chi connectivity index (χ2v) is 6.14. The van der Waals surface area contributed by atoms with Crippen LogP contribution in [0.15, 0.2) is 18.2 Å². The van der Waals surface area contributed by atoms with E-state index in [2.05, 4.69) is 51.2 Å². The van der Waals surface area contributed by atoms with E-state index in [9.17, 15) is 4.79 Å². The van der Waals surface area contributed by atoms with E-state index in [0.717, 1.165) is 0 Å². The number of rotatable bonds is 5. The molecule has 0 saturated carbocycles. The van der Waals surface area contributed by atoms with Gasteiger partial charge in [0.15, 0.2) is 0 Å². The highest BCUT2D eigenvalue weighted by Gasteiger charge is 2.21. The van der Waals surface area contributed by atoms with E-state index >= 15 is 0 Å². The van der Waals surface area contributed by atoms with Crippen molar-refractivity contribution in [1.82, 2.24) is 5.32 Å². The van der Waals surface area contributed by atoms with Crippen LogP contribution in [0.1, 0.15) is 43.9 Å². The lowest BCUT2D eigenvalue weighted by atomic mass is 9.83. The fraction of sp³-hybridized carbons (Fsp3) is 0.562. The van der Waals surface area contributed by atoms with Gasteiger partial charge in [-0.15, -0.1) is 0 Å². The van der Waals surface area contributed by atoms with Gasteiger partial charge in [0, 0.05) is 24.4 Å². The highest BCUT2D eigenvalue weighted by atomic mass is 16.1. The Morgan fingerprint density at radius 2 is 1.95 bits per heavy atom. The number of hydrogen-bond acceptors (Lipinski definition) is 2. The predicted octanol–water partition coefficient (Wildman–Crippen LogP) is 2.43. The molecule has 0 aromatic heterocycles. The molecule has 3 N–H and O–H groups in total. The molecule has 0 aliphatic rings. The molecule has 1 amide bonds. The molecular formula is C16H26N2O. The van der Waals surface area contributed by atoms with Crippen LogP contribution < -0.4 is 11.1 Å². The number of nitrogens with two attached hydrogens (primary N) is 1. The van der Waals surface area contributed by atoms with Gasteiger partial charge in [0.05, 0.1) is 0 Å². The van der Waals surface area contributed by atoms with Crippen LogP contribution in [-0.4, -0.2) is 18.5 Å². The van der Waals surface area contributed by atoms with Gasteiger partial charge in [-0.25, -0.2) is 0 Å². The first-order chi connectivity index (χ1) is 8.72. The monoisotopic (exact) mass is 262 g/mol. The number of nitrogens with one attached hydrogen (secondary N) is 1. The first-order valence-electron chi connectivity index (χ1n) is 6.82. The van der Waals surface area contributed by atoms with Gasteiger partial charge < -0.3 is 11.1 Å². The van der Waals surface area contributed by atoms with Gasteiger partial charge in [-0.1, -0.05) is 32.0 Å². The summed E-state index contributed by atoms with van der Waals surface area (Å²) >= 11 is 0. The third-order valence-electron chi connectivity index (χ3n) is 3.52. The van der Waals surface area contributed by atoms with Crippen molar-refractivity contribution in [2.24, 2.45) is 5.73 Å². The molecule has 0 fully saturated rings. The zero-order chi connectivity index (χ0) is 14.6. The minimum atomic E-state index is -0.0928. The van der Waals surface area contributed by atoms with Crippen LogP contribution in [-0.2, 0) is 10.2 Å². The largest absolute Gasteiger partial charge is 0.355 e. The Morgan fingerprint density at radius 1 is 1.32 bits per heavy atom. The highest BCUT2D eigenvalue weighted by Crippen LogP contribution is 2.24. The summed E-state index contributed by atoms with van der Waals surface area (Å²) in [7, 11) is 0. The Balaban J connectivity index is 2.69. The van der Waals surface area contributed by atoms with Crippen LogP contribution in [0.2, 0.25) is 0 Å². The molecule has 1 unspecified atom stereocenters. The Kier molecular flexibility index (Phi) is 5.12. The average molecular weight is 262 g/mol. The van der Waals surface area contributed by atoms with E-state index in [4.69, 9.17) is 5.73 Å². The molecule has 0 heterocycles. The van der Waals surface area contributed by atoms with Crippen molar-refractivity contribution in [2.75, 3.05) is 6.54 Å². The van der Waals surface area contributed by atoms with E-state index in [0.29, 0.717) is 13.0 Å². The predicted molar refractivity (Wildman–Crippen MR) is 80.2 cm³/mol. The average Bonchev–Trinajstić information content (AvgIpc) is 2.29. The number of aryl methyl sites for hydroxylation is 2. The molecule has 3 heteroatoms. The second-order valence-electron chi connectivity index (χ2n) is 6.14. The van der Waals surface area contributed by atoms with Crippen LogP contribution in [0, 0.1) is 13.8 Å². The van der Waals surface area contributed by atoms with E-state index in [1.54, 1.807) is 0 Å². The summed E-state index contributed by atoms with van der Waals surface area (Å²) in [6.45, 7) is 11.0. The molecular weight excluding hydrogens is 236 g/mol. The fourth-order valence-corrected chi connectivity index (χ4v) is 1.95. The summed E-state index contributed by atoms with van der Waals surface area (Å²) in [5, 5.41) is 2.97. The number of carbonyl (C=O) groups is 1. The molecule has 19 heavy (non-hydrogen) atoms. The van der Waals surface area contributed by atoms with Crippen LogP contribution in [0.3, 0.4) is 0 Å². The number of amides is 1. The normalized spacial score (nSPS) is 13.2. The Bertz CT molecular complexity index is 450. The Labute approximate surface area is 116 Å². The molecule has 3 nitrogen and oxygen atoms in total. The topological polar surface area (TPSA) is 55.1 Å². The fourth-order valence-electron chi connectivity index (χ4n) is 1.95.